The molecule has 0 aromatic carbocycles. The van der Waals surface area contributed by atoms with Gasteiger partial charge in [-0.25, -0.2) is 10.5 Å². The molecule has 1 aromatic heterocycles. The van der Waals surface area contributed by atoms with Crippen molar-refractivity contribution in [2.45, 2.75) is 38.1 Å². The van der Waals surface area contributed by atoms with E-state index in [-0.39, 0.29) is 24.8 Å². The van der Waals surface area contributed by atoms with E-state index in [1.807, 2.05) is 12.1 Å². The van der Waals surface area contributed by atoms with Crippen molar-refractivity contribution in [1.29, 1.82) is 0 Å². The average molecular weight is 403 g/mol. The molecule has 1 amide bonds. The fraction of sp³-hybridized carbons (Fsp3) is 0.556. The maximum absolute atomic E-state index is 11.0. The summed E-state index contributed by atoms with van der Waals surface area (Å²) < 4.78 is 0. The Balaban J connectivity index is 0.00000169. The fourth-order valence-corrected chi connectivity index (χ4v) is 3.68. The Bertz CT molecular complexity index is 577. The van der Waals surface area contributed by atoms with Crippen molar-refractivity contribution >= 4 is 42.6 Å². The number of halogens is 2. The molecule has 2 aliphatic rings. The predicted octanol–water partition coefficient (Wildman–Crippen LogP) is 3.12. The van der Waals surface area contributed by atoms with Crippen molar-refractivity contribution in [2.24, 2.45) is 5.92 Å². The lowest BCUT2D eigenvalue weighted by Crippen LogP contribution is -2.29. The number of hydrogen-bond acceptors (Lipinski definition) is 5. The van der Waals surface area contributed by atoms with Crippen molar-refractivity contribution in [2.75, 3.05) is 25.0 Å². The molecule has 2 heterocycles. The molecular formula is C18H28Cl2N4O2. The summed E-state index contributed by atoms with van der Waals surface area (Å²) in [5, 5.41) is 11.9. The van der Waals surface area contributed by atoms with Gasteiger partial charge in [-0.3, -0.25) is 10.0 Å². The molecule has 1 saturated heterocycles. The normalized spacial score (nSPS) is 20.6. The summed E-state index contributed by atoms with van der Waals surface area (Å²) in [6, 6.07) is 4.29. The highest BCUT2D eigenvalue weighted by molar-refractivity contribution is 5.90. The highest BCUT2D eigenvalue weighted by atomic mass is 35.5. The number of hydroxylamine groups is 1. The molecule has 1 saturated carbocycles. The SMILES string of the molecule is Cl.Cl.O=C(/C=C/c1ccc(NC2CCN(CC3CCCC3)C2)nc1)NO. The van der Waals surface area contributed by atoms with Crippen LogP contribution in [0.15, 0.2) is 24.4 Å². The van der Waals surface area contributed by atoms with E-state index < -0.39 is 5.91 Å². The van der Waals surface area contributed by atoms with Crippen molar-refractivity contribution < 1.29 is 10.0 Å². The summed E-state index contributed by atoms with van der Waals surface area (Å²) in [5.74, 6) is 1.22. The third-order valence-corrected chi connectivity index (χ3v) is 4.94. The van der Waals surface area contributed by atoms with Crippen molar-refractivity contribution in [1.82, 2.24) is 15.4 Å². The van der Waals surface area contributed by atoms with Gasteiger partial charge in [0.25, 0.3) is 5.91 Å². The van der Waals surface area contributed by atoms with Crippen LogP contribution in [0.2, 0.25) is 0 Å². The van der Waals surface area contributed by atoms with Crippen LogP contribution < -0.4 is 10.8 Å². The minimum Gasteiger partial charge on any atom is -0.366 e. The molecule has 3 N–H and O–H groups in total. The molecule has 1 aliphatic carbocycles. The summed E-state index contributed by atoms with van der Waals surface area (Å²) in [6.45, 7) is 3.52. The molecule has 0 spiro atoms. The first kappa shape index (κ1) is 22.7. The molecule has 1 atom stereocenters. The van der Waals surface area contributed by atoms with Gasteiger partial charge in [0, 0.05) is 37.9 Å². The Kier molecular flexibility index (Phi) is 9.94. The fourth-order valence-electron chi connectivity index (χ4n) is 3.68. The Morgan fingerprint density at radius 2 is 2.04 bits per heavy atom. The molecule has 8 heteroatoms. The third-order valence-electron chi connectivity index (χ3n) is 4.94. The molecule has 26 heavy (non-hydrogen) atoms. The van der Waals surface area contributed by atoms with Crippen LogP contribution in [0.3, 0.4) is 0 Å². The summed E-state index contributed by atoms with van der Waals surface area (Å²) in [4.78, 5) is 17.9. The van der Waals surface area contributed by atoms with Gasteiger partial charge < -0.3 is 10.2 Å². The quantitative estimate of drug-likeness (QED) is 0.387. The number of hydrogen-bond donors (Lipinski definition) is 3. The van der Waals surface area contributed by atoms with Gasteiger partial charge in [0.05, 0.1) is 0 Å². The second-order valence-corrected chi connectivity index (χ2v) is 6.83. The lowest BCUT2D eigenvalue weighted by Gasteiger charge is -2.20. The van der Waals surface area contributed by atoms with Gasteiger partial charge in [-0.05, 0) is 49.0 Å². The third kappa shape index (κ3) is 6.76. The molecule has 1 aliphatic heterocycles. The number of aromatic nitrogens is 1. The largest absolute Gasteiger partial charge is 0.366 e. The van der Waals surface area contributed by atoms with Gasteiger partial charge in [-0.15, -0.1) is 24.8 Å². The molecule has 0 bridgehead atoms. The minimum atomic E-state index is -0.550. The van der Waals surface area contributed by atoms with E-state index in [9.17, 15) is 4.79 Å². The Hall–Kier alpha value is -1.34. The Morgan fingerprint density at radius 1 is 1.27 bits per heavy atom. The number of pyridine rings is 1. The zero-order valence-electron chi connectivity index (χ0n) is 14.8. The van der Waals surface area contributed by atoms with Crippen molar-refractivity contribution in [3.05, 3.63) is 30.0 Å². The topological polar surface area (TPSA) is 77.5 Å². The number of anilines is 1. The molecular weight excluding hydrogens is 375 g/mol. The van der Waals surface area contributed by atoms with Crippen molar-refractivity contribution in [3.63, 3.8) is 0 Å². The monoisotopic (exact) mass is 402 g/mol. The molecule has 146 valence electrons. The standard InChI is InChI=1S/C18H26N4O2.2ClH/c23-18(21-24)8-6-14-5-7-17(19-11-14)20-16-9-10-22(13-16)12-15-3-1-2-4-15;;/h5-8,11,15-16,24H,1-4,9-10,12-13H2,(H,19,20)(H,21,23);2*1H/b8-6+;;. The molecule has 2 fully saturated rings. The molecule has 1 unspecified atom stereocenters. The van der Waals surface area contributed by atoms with Crippen LogP contribution in [-0.2, 0) is 4.79 Å². The summed E-state index contributed by atoms with van der Waals surface area (Å²) in [7, 11) is 0. The highest BCUT2D eigenvalue weighted by Gasteiger charge is 2.26. The molecule has 3 rings (SSSR count). The first-order valence-corrected chi connectivity index (χ1v) is 8.80. The lowest BCUT2D eigenvalue weighted by atomic mass is 10.1. The minimum absolute atomic E-state index is 0. The Labute approximate surface area is 167 Å². The maximum atomic E-state index is 11.0. The average Bonchev–Trinajstić information content (AvgIpc) is 3.26. The number of carbonyl (C=O) groups is 1. The van der Waals surface area contributed by atoms with Crippen LogP contribution >= 0.6 is 24.8 Å². The molecule has 1 aromatic rings. The van der Waals surface area contributed by atoms with Crippen LogP contribution in [0, 0.1) is 5.92 Å². The maximum Gasteiger partial charge on any atom is 0.267 e. The first-order valence-electron chi connectivity index (χ1n) is 8.80. The van der Waals surface area contributed by atoms with Crippen LogP contribution in [-0.4, -0.2) is 46.7 Å². The second kappa shape index (κ2) is 11.4. The van der Waals surface area contributed by atoms with Crippen LogP contribution in [0.4, 0.5) is 5.82 Å². The van der Waals surface area contributed by atoms with Gasteiger partial charge in [-0.2, -0.15) is 0 Å². The van der Waals surface area contributed by atoms with Gasteiger partial charge in [0.2, 0.25) is 0 Å². The summed E-state index contributed by atoms with van der Waals surface area (Å²) >= 11 is 0. The number of likely N-dealkylation sites (tertiary alicyclic amines) is 1. The lowest BCUT2D eigenvalue weighted by molar-refractivity contribution is -0.124. The summed E-state index contributed by atoms with van der Waals surface area (Å²) in [5.41, 5.74) is 2.38. The van der Waals surface area contributed by atoms with Crippen LogP contribution in [0.25, 0.3) is 6.08 Å². The number of amides is 1. The van der Waals surface area contributed by atoms with Gasteiger partial charge >= 0.3 is 0 Å². The van der Waals surface area contributed by atoms with Crippen LogP contribution in [0.5, 0.6) is 0 Å². The number of carbonyl (C=O) groups excluding carboxylic acids is 1. The van der Waals surface area contributed by atoms with E-state index in [4.69, 9.17) is 5.21 Å². The van der Waals surface area contributed by atoms with E-state index in [2.05, 4.69) is 15.2 Å². The molecule has 0 radical (unpaired) electrons. The van der Waals surface area contributed by atoms with Gasteiger partial charge in [-0.1, -0.05) is 12.8 Å². The van der Waals surface area contributed by atoms with Crippen molar-refractivity contribution in [3.8, 4) is 0 Å². The zero-order chi connectivity index (χ0) is 16.8. The van der Waals surface area contributed by atoms with Gasteiger partial charge in [0.1, 0.15) is 5.82 Å². The highest BCUT2D eigenvalue weighted by Crippen LogP contribution is 2.27. The summed E-state index contributed by atoms with van der Waals surface area (Å²) in [6.07, 6.45) is 11.4. The predicted molar refractivity (Wildman–Crippen MR) is 108 cm³/mol. The van der Waals surface area contributed by atoms with E-state index in [0.717, 1.165) is 30.3 Å². The number of nitrogens with zero attached hydrogens (tertiary/aromatic N) is 2. The smallest absolute Gasteiger partial charge is 0.267 e. The van der Waals surface area contributed by atoms with E-state index in [0.29, 0.717) is 6.04 Å². The Morgan fingerprint density at radius 3 is 2.69 bits per heavy atom. The van der Waals surface area contributed by atoms with E-state index in [1.54, 1.807) is 17.8 Å². The zero-order valence-corrected chi connectivity index (χ0v) is 16.4. The number of nitrogens with one attached hydrogen (secondary N) is 2. The van der Waals surface area contributed by atoms with E-state index >= 15 is 0 Å². The van der Waals surface area contributed by atoms with Crippen LogP contribution in [0.1, 0.15) is 37.7 Å². The first-order chi connectivity index (χ1) is 11.7. The molecule has 6 nitrogen and oxygen atoms in total. The van der Waals surface area contributed by atoms with Gasteiger partial charge in [0.15, 0.2) is 0 Å². The second-order valence-electron chi connectivity index (χ2n) is 6.83. The van der Waals surface area contributed by atoms with E-state index in [1.165, 1.54) is 44.8 Å². The number of rotatable bonds is 6.